The predicted molar refractivity (Wildman–Crippen MR) is 77.0 cm³/mol. The second-order valence-electron chi connectivity index (χ2n) is 6.78. The highest BCUT2D eigenvalue weighted by Crippen LogP contribution is 2.19. The van der Waals surface area contributed by atoms with Crippen molar-refractivity contribution in [3.8, 4) is 0 Å². The van der Waals surface area contributed by atoms with Crippen LogP contribution >= 0.6 is 0 Å². The lowest BCUT2D eigenvalue weighted by molar-refractivity contribution is 0.167. The van der Waals surface area contributed by atoms with Crippen LogP contribution in [0.15, 0.2) is 10.6 Å². The molecule has 2 rings (SSSR count). The highest BCUT2D eigenvalue weighted by atomic mass is 16.5. The first-order valence-electron chi connectivity index (χ1n) is 7.32. The molecule has 1 aromatic rings. The van der Waals surface area contributed by atoms with Gasteiger partial charge in [-0.1, -0.05) is 5.16 Å². The van der Waals surface area contributed by atoms with Gasteiger partial charge in [0.25, 0.3) is 0 Å². The first-order valence-corrected chi connectivity index (χ1v) is 7.32. The minimum absolute atomic E-state index is 0.232. The van der Waals surface area contributed by atoms with Crippen LogP contribution in [0.2, 0.25) is 0 Å². The average Bonchev–Trinajstić information content (AvgIpc) is 2.73. The van der Waals surface area contributed by atoms with E-state index in [1.165, 1.54) is 25.9 Å². The second kappa shape index (κ2) is 6.06. The SMILES string of the molecule is Cc1cc(CN2CCC(CNC(C)(C)C)CC2)no1. The highest BCUT2D eigenvalue weighted by Gasteiger charge is 2.21. The zero-order chi connectivity index (χ0) is 13.9. The number of hydrogen-bond donors (Lipinski definition) is 1. The van der Waals surface area contributed by atoms with Crippen LogP contribution in [0.1, 0.15) is 45.1 Å². The Bertz CT molecular complexity index is 386. The van der Waals surface area contributed by atoms with Gasteiger partial charge < -0.3 is 9.84 Å². The average molecular weight is 265 g/mol. The molecule has 2 heterocycles. The molecule has 108 valence electrons. The number of hydrogen-bond acceptors (Lipinski definition) is 4. The van der Waals surface area contributed by atoms with Crippen molar-refractivity contribution < 1.29 is 4.52 Å². The maximum absolute atomic E-state index is 5.12. The third-order valence-electron chi connectivity index (χ3n) is 3.69. The van der Waals surface area contributed by atoms with Gasteiger partial charge >= 0.3 is 0 Å². The van der Waals surface area contributed by atoms with Gasteiger partial charge in [-0.15, -0.1) is 0 Å². The Morgan fingerprint density at radius 3 is 2.58 bits per heavy atom. The number of piperidine rings is 1. The molecular weight excluding hydrogens is 238 g/mol. The van der Waals surface area contributed by atoms with Crippen LogP contribution in [0.3, 0.4) is 0 Å². The fourth-order valence-corrected chi connectivity index (χ4v) is 2.52. The number of aryl methyl sites for hydroxylation is 1. The van der Waals surface area contributed by atoms with Crippen molar-refractivity contribution in [2.45, 2.75) is 52.6 Å². The normalized spacial score (nSPS) is 18.9. The monoisotopic (exact) mass is 265 g/mol. The molecule has 0 amide bonds. The Balaban J connectivity index is 1.70. The van der Waals surface area contributed by atoms with Gasteiger partial charge in [0.05, 0.1) is 5.69 Å². The van der Waals surface area contributed by atoms with Crippen molar-refractivity contribution in [1.82, 2.24) is 15.4 Å². The van der Waals surface area contributed by atoms with Crippen LogP contribution in [-0.2, 0) is 6.54 Å². The number of likely N-dealkylation sites (tertiary alicyclic amines) is 1. The Hall–Kier alpha value is -0.870. The van der Waals surface area contributed by atoms with E-state index in [0.29, 0.717) is 0 Å². The standard InChI is InChI=1S/C15H27N3O/c1-12-9-14(17-19-12)11-18-7-5-13(6-8-18)10-16-15(2,3)4/h9,13,16H,5-8,10-11H2,1-4H3. The van der Waals surface area contributed by atoms with Gasteiger partial charge in [0.15, 0.2) is 0 Å². The maximum Gasteiger partial charge on any atom is 0.133 e. The Kier molecular flexibility index (Phi) is 4.63. The van der Waals surface area contributed by atoms with Crippen molar-refractivity contribution in [1.29, 1.82) is 0 Å². The summed E-state index contributed by atoms with van der Waals surface area (Å²) in [5.41, 5.74) is 1.29. The summed E-state index contributed by atoms with van der Waals surface area (Å²) in [5, 5.41) is 7.68. The predicted octanol–water partition coefficient (Wildman–Crippen LogP) is 2.58. The fourth-order valence-electron chi connectivity index (χ4n) is 2.52. The van der Waals surface area contributed by atoms with E-state index in [2.05, 4.69) is 36.1 Å². The Labute approximate surface area is 116 Å². The van der Waals surface area contributed by atoms with Crippen LogP contribution in [0.4, 0.5) is 0 Å². The van der Waals surface area contributed by atoms with Gasteiger partial charge in [-0.05, 0) is 66.1 Å². The van der Waals surface area contributed by atoms with E-state index < -0.39 is 0 Å². The minimum Gasteiger partial charge on any atom is -0.361 e. The summed E-state index contributed by atoms with van der Waals surface area (Å²) in [6.07, 6.45) is 2.56. The molecule has 0 radical (unpaired) electrons. The molecule has 0 bridgehead atoms. The van der Waals surface area contributed by atoms with Crippen molar-refractivity contribution >= 4 is 0 Å². The third kappa shape index (κ3) is 4.96. The summed E-state index contributed by atoms with van der Waals surface area (Å²) in [6, 6.07) is 2.03. The lowest BCUT2D eigenvalue weighted by atomic mass is 9.95. The smallest absolute Gasteiger partial charge is 0.133 e. The Morgan fingerprint density at radius 1 is 1.37 bits per heavy atom. The molecule has 1 aromatic heterocycles. The molecule has 1 aliphatic rings. The van der Waals surface area contributed by atoms with Crippen molar-refractivity contribution in [3.05, 3.63) is 17.5 Å². The molecule has 1 saturated heterocycles. The van der Waals surface area contributed by atoms with Crippen LogP contribution in [-0.4, -0.2) is 35.2 Å². The topological polar surface area (TPSA) is 41.3 Å². The zero-order valence-corrected chi connectivity index (χ0v) is 12.7. The lowest BCUT2D eigenvalue weighted by Gasteiger charge is -2.33. The highest BCUT2D eigenvalue weighted by molar-refractivity contribution is 5.03. The molecule has 0 aromatic carbocycles. The summed E-state index contributed by atoms with van der Waals surface area (Å²) in [6.45, 7) is 13.0. The molecule has 0 unspecified atom stereocenters. The van der Waals surface area contributed by atoms with Crippen LogP contribution < -0.4 is 5.32 Å². The molecule has 0 aliphatic carbocycles. The van der Waals surface area contributed by atoms with Gasteiger partial charge in [0.1, 0.15) is 5.76 Å². The van der Waals surface area contributed by atoms with E-state index in [0.717, 1.165) is 30.5 Å². The molecule has 1 aliphatic heterocycles. The first kappa shape index (κ1) is 14.5. The summed E-state index contributed by atoms with van der Waals surface area (Å²) < 4.78 is 5.12. The quantitative estimate of drug-likeness (QED) is 0.908. The van der Waals surface area contributed by atoms with Crippen molar-refractivity contribution in [2.75, 3.05) is 19.6 Å². The molecule has 4 nitrogen and oxygen atoms in total. The van der Waals surface area contributed by atoms with Gasteiger partial charge in [-0.3, -0.25) is 4.90 Å². The minimum atomic E-state index is 0.232. The number of rotatable bonds is 4. The summed E-state index contributed by atoms with van der Waals surface area (Å²) >= 11 is 0. The van der Waals surface area contributed by atoms with E-state index in [-0.39, 0.29) is 5.54 Å². The van der Waals surface area contributed by atoms with E-state index in [1.54, 1.807) is 0 Å². The maximum atomic E-state index is 5.12. The lowest BCUT2D eigenvalue weighted by Crippen LogP contribution is -2.42. The molecule has 19 heavy (non-hydrogen) atoms. The molecule has 0 atom stereocenters. The van der Waals surface area contributed by atoms with E-state index in [4.69, 9.17) is 4.52 Å². The first-order chi connectivity index (χ1) is 8.92. The van der Waals surface area contributed by atoms with Gasteiger partial charge in [0.2, 0.25) is 0 Å². The molecule has 1 N–H and O–H groups in total. The van der Waals surface area contributed by atoms with Crippen molar-refractivity contribution in [2.24, 2.45) is 5.92 Å². The summed E-state index contributed by atoms with van der Waals surface area (Å²) in [5.74, 6) is 1.72. The van der Waals surface area contributed by atoms with E-state index in [9.17, 15) is 0 Å². The fraction of sp³-hybridized carbons (Fsp3) is 0.800. The molecular formula is C15H27N3O. The largest absolute Gasteiger partial charge is 0.361 e. The summed E-state index contributed by atoms with van der Waals surface area (Å²) in [7, 11) is 0. The molecule has 0 saturated carbocycles. The zero-order valence-electron chi connectivity index (χ0n) is 12.7. The molecule has 0 spiro atoms. The second-order valence-corrected chi connectivity index (χ2v) is 6.78. The van der Waals surface area contributed by atoms with Crippen LogP contribution in [0.25, 0.3) is 0 Å². The van der Waals surface area contributed by atoms with Crippen LogP contribution in [0.5, 0.6) is 0 Å². The van der Waals surface area contributed by atoms with Gasteiger partial charge in [0, 0.05) is 18.2 Å². The third-order valence-corrected chi connectivity index (χ3v) is 3.69. The molecule has 4 heteroatoms. The number of aromatic nitrogens is 1. The number of nitrogens with zero attached hydrogens (tertiary/aromatic N) is 2. The summed E-state index contributed by atoms with van der Waals surface area (Å²) in [4.78, 5) is 2.48. The van der Waals surface area contributed by atoms with Crippen molar-refractivity contribution in [3.63, 3.8) is 0 Å². The van der Waals surface area contributed by atoms with Gasteiger partial charge in [-0.2, -0.15) is 0 Å². The van der Waals surface area contributed by atoms with E-state index in [1.807, 2.05) is 13.0 Å². The van der Waals surface area contributed by atoms with E-state index >= 15 is 0 Å². The van der Waals surface area contributed by atoms with Gasteiger partial charge in [-0.25, -0.2) is 0 Å². The number of nitrogens with one attached hydrogen (secondary N) is 1. The van der Waals surface area contributed by atoms with Crippen LogP contribution in [0, 0.1) is 12.8 Å². The Morgan fingerprint density at radius 2 is 2.05 bits per heavy atom. The molecule has 1 fully saturated rings.